The van der Waals surface area contributed by atoms with Crippen molar-refractivity contribution in [2.45, 2.75) is 32.9 Å². The number of ether oxygens (including phenoxy) is 1. The largest absolute Gasteiger partial charge is 0.461 e. The fourth-order valence-electron chi connectivity index (χ4n) is 0.627. The molecular formula is C7H15N3O2. The summed E-state index contributed by atoms with van der Waals surface area (Å²) in [4.78, 5) is 11.1. The Bertz CT molecular complexity index is 179. The van der Waals surface area contributed by atoms with E-state index in [4.69, 9.17) is 15.9 Å². The van der Waals surface area contributed by atoms with Crippen LogP contribution in [0.25, 0.3) is 0 Å². The van der Waals surface area contributed by atoms with Crippen LogP contribution >= 0.6 is 0 Å². The highest BCUT2D eigenvalue weighted by Crippen LogP contribution is 1.93. The molecule has 70 valence electrons. The maximum atomic E-state index is 11.1. The zero-order valence-electron chi connectivity index (χ0n) is 7.55. The van der Waals surface area contributed by atoms with E-state index in [9.17, 15) is 4.79 Å². The minimum Gasteiger partial charge on any atom is -0.461 e. The van der Waals surface area contributed by atoms with Crippen LogP contribution in [0.5, 0.6) is 0 Å². The summed E-state index contributed by atoms with van der Waals surface area (Å²) in [6, 6.07) is -0.565. The normalized spacial score (nSPS) is 12.3. The second kappa shape index (κ2) is 4.58. The standard InChI is InChI=1S/C7H15N3O2/c1-4(2)12-6(11)5(3)10-7(8)9/h4-5H,1-3H3,(H4,8,9,10). The van der Waals surface area contributed by atoms with E-state index in [0.29, 0.717) is 0 Å². The number of nitrogens with two attached hydrogens (primary N) is 1. The van der Waals surface area contributed by atoms with E-state index in [1.165, 1.54) is 0 Å². The van der Waals surface area contributed by atoms with Crippen molar-refractivity contribution in [1.82, 2.24) is 5.32 Å². The maximum Gasteiger partial charge on any atom is 0.328 e. The molecule has 0 saturated heterocycles. The van der Waals surface area contributed by atoms with Gasteiger partial charge in [-0.25, -0.2) is 4.79 Å². The summed E-state index contributed by atoms with van der Waals surface area (Å²) in [5.74, 6) is -0.636. The Morgan fingerprint density at radius 2 is 2.00 bits per heavy atom. The summed E-state index contributed by atoms with van der Waals surface area (Å²) in [5.41, 5.74) is 5.03. The highest BCUT2D eigenvalue weighted by atomic mass is 16.5. The van der Waals surface area contributed by atoms with Crippen molar-refractivity contribution in [3.05, 3.63) is 0 Å². The zero-order valence-corrected chi connectivity index (χ0v) is 7.55. The SMILES string of the molecule is CC(C)OC(=O)C(C)NC(=N)N. The second-order valence-electron chi connectivity index (χ2n) is 2.77. The number of guanidine groups is 1. The molecule has 4 N–H and O–H groups in total. The fourth-order valence-corrected chi connectivity index (χ4v) is 0.627. The van der Waals surface area contributed by atoms with E-state index >= 15 is 0 Å². The van der Waals surface area contributed by atoms with Crippen molar-refractivity contribution < 1.29 is 9.53 Å². The molecule has 5 nitrogen and oxygen atoms in total. The van der Waals surface area contributed by atoms with Crippen LogP contribution in [0, 0.1) is 5.41 Å². The number of rotatable bonds is 3. The van der Waals surface area contributed by atoms with Crippen molar-refractivity contribution in [2.75, 3.05) is 0 Å². The molecule has 0 amide bonds. The summed E-state index contributed by atoms with van der Waals surface area (Å²) in [6.07, 6.45) is -0.145. The van der Waals surface area contributed by atoms with Gasteiger partial charge in [-0.05, 0) is 20.8 Å². The van der Waals surface area contributed by atoms with Crippen molar-refractivity contribution in [2.24, 2.45) is 5.73 Å². The highest BCUT2D eigenvalue weighted by Gasteiger charge is 2.15. The van der Waals surface area contributed by atoms with Gasteiger partial charge in [0.1, 0.15) is 6.04 Å². The molecule has 0 aromatic carbocycles. The topological polar surface area (TPSA) is 88.2 Å². The lowest BCUT2D eigenvalue weighted by Gasteiger charge is -2.14. The predicted molar refractivity (Wildman–Crippen MR) is 45.7 cm³/mol. The van der Waals surface area contributed by atoms with Crippen LogP contribution in [0.1, 0.15) is 20.8 Å². The van der Waals surface area contributed by atoms with Gasteiger partial charge in [-0.3, -0.25) is 5.41 Å². The first-order chi connectivity index (χ1) is 5.43. The Hall–Kier alpha value is -1.26. The molecule has 1 atom stereocenters. The van der Waals surface area contributed by atoms with E-state index < -0.39 is 12.0 Å². The molecule has 0 aliphatic heterocycles. The number of carbonyl (C=O) groups excluding carboxylic acids is 1. The predicted octanol–water partition coefficient (Wildman–Crippen LogP) is -0.190. The van der Waals surface area contributed by atoms with Crippen LogP contribution in [0.3, 0.4) is 0 Å². The van der Waals surface area contributed by atoms with Gasteiger partial charge in [-0.1, -0.05) is 0 Å². The fraction of sp³-hybridized carbons (Fsp3) is 0.714. The minimum absolute atomic E-state index is 0.145. The molecular weight excluding hydrogens is 158 g/mol. The Morgan fingerprint density at radius 3 is 2.33 bits per heavy atom. The number of nitrogens with one attached hydrogen (secondary N) is 2. The van der Waals surface area contributed by atoms with Gasteiger partial charge in [0.05, 0.1) is 6.10 Å². The Balaban J connectivity index is 3.85. The molecule has 0 bridgehead atoms. The molecule has 0 aliphatic carbocycles. The van der Waals surface area contributed by atoms with E-state index in [1.54, 1.807) is 20.8 Å². The van der Waals surface area contributed by atoms with Gasteiger partial charge in [0.25, 0.3) is 0 Å². The van der Waals surface area contributed by atoms with Gasteiger partial charge < -0.3 is 15.8 Å². The average molecular weight is 173 g/mol. The molecule has 0 saturated carbocycles. The lowest BCUT2D eigenvalue weighted by atomic mass is 10.3. The van der Waals surface area contributed by atoms with Gasteiger partial charge in [-0.15, -0.1) is 0 Å². The first-order valence-electron chi connectivity index (χ1n) is 3.74. The molecule has 0 fully saturated rings. The minimum atomic E-state index is -0.565. The third kappa shape index (κ3) is 4.54. The van der Waals surface area contributed by atoms with Crippen molar-refractivity contribution in [3.8, 4) is 0 Å². The first-order valence-corrected chi connectivity index (χ1v) is 3.74. The average Bonchev–Trinajstić information content (AvgIpc) is 1.84. The smallest absolute Gasteiger partial charge is 0.328 e. The van der Waals surface area contributed by atoms with Crippen LogP contribution in [0.2, 0.25) is 0 Å². The lowest BCUT2D eigenvalue weighted by molar-refractivity contribution is -0.149. The summed E-state index contributed by atoms with van der Waals surface area (Å²) in [6.45, 7) is 5.11. The zero-order chi connectivity index (χ0) is 9.72. The summed E-state index contributed by atoms with van der Waals surface area (Å²) >= 11 is 0. The maximum absolute atomic E-state index is 11.1. The molecule has 1 unspecified atom stereocenters. The molecule has 0 heterocycles. The van der Waals surface area contributed by atoms with Crippen LogP contribution < -0.4 is 11.1 Å². The molecule has 12 heavy (non-hydrogen) atoms. The van der Waals surface area contributed by atoms with Crippen molar-refractivity contribution in [3.63, 3.8) is 0 Å². The molecule has 0 aliphatic rings. The van der Waals surface area contributed by atoms with Crippen LogP contribution in [-0.4, -0.2) is 24.1 Å². The quantitative estimate of drug-likeness (QED) is 0.313. The van der Waals surface area contributed by atoms with Crippen LogP contribution in [0.4, 0.5) is 0 Å². The van der Waals surface area contributed by atoms with Gasteiger partial charge in [0.15, 0.2) is 5.96 Å². The molecule has 0 rings (SSSR count). The summed E-state index contributed by atoms with van der Waals surface area (Å²) in [5, 5.41) is 9.29. The number of hydrogen-bond acceptors (Lipinski definition) is 3. The van der Waals surface area contributed by atoms with E-state index in [-0.39, 0.29) is 12.1 Å². The molecule has 5 heteroatoms. The van der Waals surface area contributed by atoms with Gasteiger partial charge >= 0.3 is 5.97 Å². The highest BCUT2D eigenvalue weighted by molar-refractivity contribution is 5.83. The van der Waals surface area contributed by atoms with E-state index in [2.05, 4.69) is 5.32 Å². The third-order valence-electron chi connectivity index (χ3n) is 1.08. The Morgan fingerprint density at radius 1 is 1.50 bits per heavy atom. The third-order valence-corrected chi connectivity index (χ3v) is 1.08. The van der Waals surface area contributed by atoms with Gasteiger partial charge in [-0.2, -0.15) is 0 Å². The second-order valence-corrected chi connectivity index (χ2v) is 2.77. The van der Waals surface area contributed by atoms with Crippen LogP contribution in [-0.2, 0) is 9.53 Å². The first kappa shape index (κ1) is 10.7. The van der Waals surface area contributed by atoms with Crippen molar-refractivity contribution in [1.29, 1.82) is 5.41 Å². The number of hydrogen-bond donors (Lipinski definition) is 3. The van der Waals surface area contributed by atoms with Crippen LogP contribution in [0.15, 0.2) is 0 Å². The van der Waals surface area contributed by atoms with Gasteiger partial charge in [0.2, 0.25) is 0 Å². The van der Waals surface area contributed by atoms with E-state index in [1.807, 2.05) is 0 Å². The monoisotopic (exact) mass is 173 g/mol. The van der Waals surface area contributed by atoms with Crippen molar-refractivity contribution >= 4 is 11.9 Å². The summed E-state index contributed by atoms with van der Waals surface area (Å²) in [7, 11) is 0. The van der Waals surface area contributed by atoms with Gasteiger partial charge in [0, 0.05) is 0 Å². The molecule has 0 spiro atoms. The lowest BCUT2D eigenvalue weighted by Crippen LogP contribution is -2.43. The Labute approximate surface area is 71.8 Å². The molecule has 0 aromatic heterocycles. The summed E-state index contributed by atoms with van der Waals surface area (Å²) < 4.78 is 4.86. The Kier molecular flexibility index (Phi) is 4.10. The van der Waals surface area contributed by atoms with E-state index in [0.717, 1.165) is 0 Å². The number of esters is 1. The number of carbonyl (C=O) groups is 1. The molecule has 0 radical (unpaired) electrons. The molecule has 0 aromatic rings.